The Morgan fingerprint density at radius 2 is 1.94 bits per heavy atom. The molecular formula is C23H22F3N7O2. The normalized spacial score (nSPS) is 11.4. The Morgan fingerprint density at radius 3 is 2.71 bits per heavy atom. The number of pyridine rings is 1. The van der Waals surface area contributed by atoms with E-state index in [1.54, 1.807) is 71.0 Å². The van der Waals surface area contributed by atoms with Crippen molar-refractivity contribution >= 4 is 23.3 Å². The number of urea groups is 1. The van der Waals surface area contributed by atoms with E-state index in [1.165, 1.54) is 0 Å². The second kappa shape index (κ2) is 10.3. The molecule has 0 aliphatic carbocycles. The van der Waals surface area contributed by atoms with Crippen LogP contribution in [0, 0.1) is 0 Å². The molecule has 12 heteroatoms. The fraction of sp³-hybridized carbons (Fsp3) is 0.217. The van der Waals surface area contributed by atoms with Crippen molar-refractivity contribution in [2.24, 2.45) is 0 Å². The zero-order valence-electron chi connectivity index (χ0n) is 18.4. The molecule has 0 bridgehead atoms. The second-order valence-electron chi connectivity index (χ2n) is 7.73. The number of hydrogen-bond acceptors (Lipinski definition) is 4. The molecule has 0 aliphatic rings. The fourth-order valence-corrected chi connectivity index (χ4v) is 3.45. The number of benzene rings is 1. The third kappa shape index (κ3) is 6.37. The van der Waals surface area contributed by atoms with Gasteiger partial charge in [-0.2, -0.15) is 13.2 Å². The minimum Gasteiger partial charge on any atom is -0.352 e. The van der Waals surface area contributed by atoms with E-state index in [0.29, 0.717) is 34.7 Å². The van der Waals surface area contributed by atoms with Gasteiger partial charge in [0.25, 0.3) is 5.91 Å². The first-order chi connectivity index (χ1) is 16.8. The van der Waals surface area contributed by atoms with E-state index in [-0.39, 0.29) is 5.91 Å². The lowest BCUT2D eigenvalue weighted by atomic mass is 10.1. The average molecular weight is 485 g/mol. The molecule has 0 spiro atoms. The highest BCUT2D eigenvalue weighted by Gasteiger charge is 2.27. The number of halogens is 3. The summed E-state index contributed by atoms with van der Waals surface area (Å²) < 4.78 is 38.6. The van der Waals surface area contributed by atoms with Crippen LogP contribution in [0.5, 0.6) is 0 Å². The Kier molecular flexibility index (Phi) is 6.99. The Bertz CT molecular complexity index is 1320. The Balaban J connectivity index is 1.40. The molecule has 3 amide bonds. The smallest absolute Gasteiger partial charge is 0.352 e. The molecular weight excluding hydrogens is 463 g/mol. The highest BCUT2D eigenvalue weighted by atomic mass is 19.4. The number of aromatic nitrogens is 4. The van der Waals surface area contributed by atoms with E-state index >= 15 is 0 Å². The quantitative estimate of drug-likeness (QED) is 0.284. The number of alkyl halides is 3. The van der Waals surface area contributed by atoms with Crippen molar-refractivity contribution in [2.75, 3.05) is 18.4 Å². The van der Waals surface area contributed by atoms with Crippen LogP contribution in [-0.2, 0) is 6.42 Å². The summed E-state index contributed by atoms with van der Waals surface area (Å²) in [7, 11) is 0. The zero-order valence-corrected chi connectivity index (χ0v) is 18.4. The van der Waals surface area contributed by atoms with Crippen molar-refractivity contribution in [1.82, 2.24) is 30.0 Å². The highest BCUT2D eigenvalue weighted by Crippen LogP contribution is 2.24. The van der Waals surface area contributed by atoms with Crippen LogP contribution in [0.1, 0.15) is 22.5 Å². The number of imidazole rings is 2. The number of carbonyl (C=O) groups is 2. The molecule has 0 unspecified atom stereocenters. The van der Waals surface area contributed by atoms with Gasteiger partial charge in [0.15, 0.2) is 0 Å². The van der Waals surface area contributed by atoms with Gasteiger partial charge in [0.05, 0.1) is 18.2 Å². The molecule has 0 saturated carbocycles. The number of H-pyrrole nitrogens is 1. The van der Waals surface area contributed by atoms with E-state index in [4.69, 9.17) is 0 Å². The fourth-order valence-electron chi connectivity index (χ4n) is 3.45. The topological polar surface area (TPSA) is 116 Å². The predicted molar refractivity (Wildman–Crippen MR) is 123 cm³/mol. The molecule has 3 aromatic heterocycles. The SMILES string of the molecule is O=C(NCC(F)(F)F)Nc1cccc(-c2cnc3cc(C(=O)NCCCc4cnc[nH]4)ccn23)c1. The number of nitrogens with zero attached hydrogens (tertiary/aromatic N) is 3. The molecule has 0 aliphatic heterocycles. The molecule has 0 fully saturated rings. The van der Waals surface area contributed by atoms with E-state index in [9.17, 15) is 22.8 Å². The standard InChI is InChI=1S/C23H22F3N7O2/c24-23(25,26)13-30-22(35)32-17-4-1-3-15(9-17)19-12-29-20-10-16(6-8-33(19)20)21(34)28-7-2-5-18-11-27-14-31-18/h1,3-4,6,8-12,14H,2,5,7,13H2,(H,27,31)(H,28,34)(H2,30,32,35). The van der Waals surface area contributed by atoms with Crippen LogP contribution < -0.4 is 16.0 Å². The minimum atomic E-state index is -4.49. The molecule has 35 heavy (non-hydrogen) atoms. The second-order valence-corrected chi connectivity index (χ2v) is 7.73. The molecule has 9 nitrogen and oxygen atoms in total. The number of nitrogens with one attached hydrogen (secondary N) is 4. The zero-order chi connectivity index (χ0) is 24.8. The summed E-state index contributed by atoms with van der Waals surface area (Å²) in [5, 5.41) is 7.03. The third-order valence-electron chi connectivity index (χ3n) is 5.10. The summed E-state index contributed by atoms with van der Waals surface area (Å²) in [4.78, 5) is 35.6. The average Bonchev–Trinajstić information content (AvgIpc) is 3.49. The van der Waals surface area contributed by atoms with Crippen LogP contribution >= 0.6 is 0 Å². The van der Waals surface area contributed by atoms with Crippen molar-refractivity contribution in [1.29, 1.82) is 0 Å². The number of aryl methyl sites for hydroxylation is 1. The Morgan fingerprint density at radius 1 is 1.09 bits per heavy atom. The number of fused-ring (bicyclic) bond motifs is 1. The molecule has 4 rings (SSSR count). The monoisotopic (exact) mass is 485 g/mol. The first kappa shape index (κ1) is 23.8. The largest absolute Gasteiger partial charge is 0.405 e. The Hall–Kier alpha value is -4.35. The van der Waals surface area contributed by atoms with Gasteiger partial charge in [-0.25, -0.2) is 14.8 Å². The van der Waals surface area contributed by atoms with Gasteiger partial charge in [-0.15, -0.1) is 0 Å². The van der Waals surface area contributed by atoms with Crippen molar-refractivity contribution < 1.29 is 22.8 Å². The summed E-state index contributed by atoms with van der Waals surface area (Å²) in [6, 6.07) is 9.01. The summed E-state index contributed by atoms with van der Waals surface area (Å²) >= 11 is 0. The lowest BCUT2D eigenvalue weighted by Gasteiger charge is -2.11. The summed E-state index contributed by atoms with van der Waals surface area (Å²) in [5.74, 6) is -0.210. The van der Waals surface area contributed by atoms with E-state index < -0.39 is 18.8 Å². The molecule has 0 atom stereocenters. The van der Waals surface area contributed by atoms with Gasteiger partial charge in [0.1, 0.15) is 12.2 Å². The van der Waals surface area contributed by atoms with Gasteiger partial charge in [-0.05, 0) is 37.1 Å². The number of aromatic amines is 1. The highest BCUT2D eigenvalue weighted by molar-refractivity contribution is 5.95. The summed E-state index contributed by atoms with van der Waals surface area (Å²) in [6.07, 6.45) is 3.75. The van der Waals surface area contributed by atoms with Crippen molar-refractivity contribution in [3.8, 4) is 11.3 Å². The van der Waals surface area contributed by atoms with Gasteiger partial charge in [-0.3, -0.25) is 9.20 Å². The maximum absolute atomic E-state index is 12.5. The van der Waals surface area contributed by atoms with Gasteiger partial charge >= 0.3 is 12.2 Å². The first-order valence-corrected chi connectivity index (χ1v) is 10.7. The number of anilines is 1. The van der Waals surface area contributed by atoms with Crippen LogP contribution in [-0.4, -0.2) is 50.6 Å². The molecule has 182 valence electrons. The van der Waals surface area contributed by atoms with E-state index in [0.717, 1.165) is 18.5 Å². The summed E-state index contributed by atoms with van der Waals surface area (Å²) in [6.45, 7) is -0.912. The lowest BCUT2D eigenvalue weighted by molar-refractivity contribution is -0.122. The maximum Gasteiger partial charge on any atom is 0.405 e. The number of rotatable bonds is 8. The maximum atomic E-state index is 12.5. The van der Waals surface area contributed by atoms with Crippen LogP contribution in [0.3, 0.4) is 0 Å². The molecule has 4 N–H and O–H groups in total. The van der Waals surface area contributed by atoms with Gasteiger partial charge in [0, 0.05) is 41.4 Å². The van der Waals surface area contributed by atoms with Crippen molar-refractivity contribution in [3.05, 3.63) is 72.6 Å². The molecule has 0 saturated heterocycles. The van der Waals surface area contributed by atoms with Gasteiger partial charge < -0.3 is 20.9 Å². The number of amides is 3. The molecule has 3 heterocycles. The third-order valence-corrected chi connectivity index (χ3v) is 5.10. The lowest BCUT2D eigenvalue weighted by Crippen LogP contribution is -2.36. The van der Waals surface area contributed by atoms with Crippen LogP contribution in [0.15, 0.2) is 61.3 Å². The van der Waals surface area contributed by atoms with Gasteiger partial charge in [-0.1, -0.05) is 12.1 Å². The van der Waals surface area contributed by atoms with Crippen molar-refractivity contribution in [3.63, 3.8) is 0 Å². The molecule has 0 radical (unpaired) electrons. The van der Waals surface area contributed by atoms with Crippen LogP contribution in [0.4, 0.5) is 23.7 Å². The molecule has 4 aromatic rings. The van der Waals surface area contributed by atoms with E-state index in [1.807, 2.05) is 0 Å². The predicted octanol–water partition coefficient (Wildman–Crippen LogP) is 3.77. The number of carbonyl (C=O) groups excluding carboxylic acids is 2. The molecule has 1 aromatic carbocycles. The van der Waals surface area contributed by atoms with Gasteiger partial charge in [0.2, 0.25) is 0 Å². The number of hydrogen-bond donors (Lipinski definition) is 4. The minimum absolute atomic E-state index is 0.210. The van der Waals surface area contributed by atoms with Crippen LogP contribution in [0.25, 0.3) is 16.9 Å². The Labute approximate surface area is 197 Å². The van der Waals surface area contributed by atoms with E-state index in [2.05, 4.69) is 25.6 Å². The first-order valence-electron chi connectivity index (χ1n) is 10.7. The summed E-state index contributed by atoms with van der Waals surface area (Å²) in [5.41, 5.74) is 3.71. The van der Waals surface area contributed by atoms with Crippen LogP contribution in [0.2, 0.25) is 0 Å². The van der Waals surface area contributed by atoms with Crippen molar-refractivity contribution in [2.45, 2.75) is 19.0 Å².